The van der Waals surface area contributed by atoms with Crippen LogP contribution in [-0.4, -0.2) is 12.0 Å². The lowest BCUT2D eigenvalue weighted by molar-refractivity contribution is 0.515. The smallest absolute Gasteiger partial charge is 0.0575 e. The maximum absolute atomic E-state index is 4.35. The van der Waals surface area contributed by atoms with Crippen LogP contribution >= 0.6 is 0 Å². The van der Waals surface area contributed by atoms with Crippen LogP contribution in [-0.2, 0) is 0 Å². The van der Waals surface area contributed by atoms with Gasteiger partial charge in [-0.05, 0) is 37.9 Å². The van der Waals surface area contributed by atoms with Crippen molar-refractivity contribution in [1.82, 2.24) is 10.3 Å². The van der Waals surface area contributed by atoms with Crippen molar-refractivity contribution < 1.29 is 0 Å². The van der Waals surface area contributed by atoms with E-state index in [-0.39, 0.29) is 0 Å². The second kappa shape index (κ2) is 3.23. The zero-order chi connectivity index (χ0) is 8.39. The molecule has 1 saturated carbocycles. The summed E-state index contributed by atoms with van der Waals surface area (Å²) in [6.07, 6.45) is 4.56. The van der Waals surface area contributed by atoms with Crippen LogP contribution in [0.25, 0.3) is 0 Å². The summed E-state index contributed by atoms with van der Waals surface area (Å²) in [4.78, 5) is 4.35. The normalized spacial score (nSPS) is 19.1. The van der Waals surface area contributed by atoms with E-state index in [1.165, 1.54) is 18.5 Å². The molecule has 1 atom stereocenters. The molecule has 1 aromatic rings. The van der Waals surface area contributed by atoms with Crippen molar-refractivity contribution in [2.24, 2.45) is 5.92 Å². The standard InChI is InChI=1S/C10H14N2/c1-11-10(8-5-6-8)9-4-2-3-7-12-9/h2-4,7-8,10-11H,5-6H2,1H3/t10-/m0/s1. The Kier molecular flexibility index (Phi) is 2.09. The fourth-order valence-electron chi connectivity index (χ4n) is 1.61. The minimum absolute atomic E-state index is 0.478. The van der Waals surface area contributed by atoms with Gasteiger partial charge < -0.3 is 5.32 Å². The highest BCUT2D eigenvalue weighted by molar-refractivity contribution is 5.11. The second-order valence-electron chi connectivity index (χ2n) is 3.36. The molecule has 0 unspecified atom stereocenters. The van der Waals surface area contributed by atoms with E-state index >= 15 is 0 Å². The summed E-state index contributed by atoms with van der Waals surface area (Å²) in [7, 11) is 2.01. The Hall–Kier alpha value is -0.890. The van der Waals surface area contributed by atoms with Gasteiger partial charge in [0.05, 0.1) is 11.7 Å². The molecule has 64 valence electrons. The third-order valence-corrected chi connectivity index (χ3v) is 2.41. The number of rotatable bonds is 3. The van der Waals surface area contributed by atoms with Gasteiger partial charge >= 0.3 is 0 Å². The van der Waals surface area contributed by atoms with E-state index in [1.54, 1.807) is 0 Å². The Balaban J connectivity index is 2.15. The predicted molar refractivity (Wildman–Crippen MR) is 48.8 cm³/mol. The van der Waals surface area contributed by atoms with Crippen LogP contribution in [0.15, 0.2) is 24.4 Å². The van der Waals surface area contributed by atoms with Crippen molar-refractivity contribution in [2.45, 2.75) is 18.9 Å². The number of nitrogens with zero attached hydrogens (tertiary/aromatic N) is 1. The van der Waals surface area contributed by atoms with Gasteiger partial charge in [-0.15, -0.1) is 0 Å². The highest BCUT2D eigenvalue weighted by Crippen LogP contribution is 2.39. The maximum atomic E-state index is 4.35. The first-order valence-electron chi connectivity index (χ1n) is 4.50. The molecule has 0 radical (unpaired) electrons. The van der Waals surface area contributed by atoms with Crippen molar-refractivity contribution in [3.63, 3.8) is 0 Å². The first kappa shape index (κ1) is 7.74. The van der Waals surface area contributed by atoms with Gasteiger partial charge in [0.1, 0.15) is 0 Å². The predicted octanol–water partition coefficient (Wildman–Crippen LogP) is 1.75. The highest BCUT2D eigenvalue weighted by atomic mass is 14.9. The molecular formula is C10H14N2. The Bertz CT molecular complexity index is 241. The van der Waals surface area contributed by atoms with E-state index in [4.69, 9.17) is 0 Å². The van der Waals surface area contributed by atoms with Gasteiger partial charge in [-0.3, -0.25) is 4.98 Å². The summed E-state index contributed by atoms with van der Waals surface area (Å²) in [5.41, 5.74) is 1.18. The van der Waals surface area contributed by atoms with Crippen molar-refractivity contribution in [3.05, 3.63) is 30.1 Å². The summed E-state index contributed by atoms with van der Waals surface area (Å²) in [5.74, 6) is 0.824. The number of hydrogen-bond acceptors (Lipinski definition) is 2. The molecule has 1 aromatic heterocycles. The number of pyridine rings is 1. The van der Waals surface area contributed by atoms with Gasteiger partial charge in [-0.1, -0.05) is 6.07 Å². The van der Waals surface area contributed by atoms with E-state index in [0.29, 0.717) is 6.04 Å². The van der Waals surface area contributed by atoms with Crippen molar-refractivity contribution in [3.8, 4) is 0 Å². The van der Waals surface area contributed by atoms with Crippen molar-refractivity contribution >= 4 is 0 Å². The molecule has 1 N–H and O–H groups in total. The van der Waals surface area contributed by atoms with Gasteiger partial charge in [0, 0.05) is 6.20 Å². The molecule has 0 bridgehead atoms. The van der Waals surface area contributed by atoms with Gasteiger partial charge in [0.2, 0.25) is 0 Å². The van der Waals surface area contributed by atoms with Gasteiger partial charge in [0.15, 0.2) is 0 Å². The van der Waals surface area contributed by atoms with Crippen LogP contribution in [0.3, 0.4) is 0 Å². The largest absolute Gasteiger partial charge is 0.311 e. The second-order valence-corrected chi connectivity index (χ2v) is 3.36. The van der Waals surface area contributed by atoms with E-state index in [2.05, 4.69) is 22.4 Å². The highest BCUT2D eigenvalue weighted by Gasteiger charge is 2.31. The Morgan fingerprint density at radius 2 is 2.33 bits per heavy atom. The van der Waals surface area contributed by atoms with Crippen LogP contribution < -0.4 is 5.32 Å². The first-order chi connectivity index (χ1) is 5.92. The van der Waals surface area contributed by atoms with Gasteiger partial charge in [-0.25, -0.2) is 0 Å². The minimum atomic E-state index is 0.478. The fourth-order valence-corrected chi connectivity index (χ4v) is 1.61. The molecule has 1 fully saturated rings. The summed E-state index contributed by atoms with van der Waals surface area (Å²) in [5, 5.41) is 3.32. The lowest BCUT2D eigenvalue weighted by atomic mass is 10.1. The molecule has 0 aliphatic heterocycles. The Morgan fingerprint density at radius 3 is 2.83 bits per heavy atom. The van der Waals surface area contributed by atoms with Crippen LogP contribution in [0.1, 0.15) is 24.6 Å². The van der Waals surface area contributed by atoms with Crippen LogP contribution in [0.5, 0.6) is 0 Å². The molecule has 1 aliphatic carbocycles. The third kappa shape index (κ3) is 1.48. The van der Waals surface area contributed by atoms with E-state index in [9.17, 15) is 0 Å². The summed E-state index contributed by atoms with van der Waals surface area (Å²) in [6.45, 7) is 0. The number of aromatic nitrogens is 1. The van der Waals surface area contributed by atoms with E-state index in [0.717, 1.165) is 5.92 Å². The summed E-state index contributed by atoms with van der Waals surface area (Å²) in [6, 6.07) is 6.59. The molecule has 0 saturated heterocycles. The maximum Gasteiger partial charge on any atom is 0.0575 e. The lowest BCUT2D eigenvalue weighted by Gasteiger charge is -2.13. The average Bonchev–Trinajstić information content (AvgIpc) is 2.92. The van der Waals surface area contributed by atoms with Crippen LogP contribution in [0.2, 0.25) is 0 Å². The molecule has 2 heteroatoms. The lowest BCUT2D eigenvalue weighted by Crippen LogP contribution is -2.19. The van der Waals surface area contributed by atoms with E-state index in [1.807, 2.05) is 19.3 Å². The Labute approximate surface area is 73.0 Å². The SMILES string of the molecule is CN[C@H](c1ccccn1)C1CC1. The third-order valence-electron chi connectivity index (χ3n) is 2.41. The number of hydrogen-bond donors (Lipinski definition) is 1. The van der Waals surface area contributed by atoms with Crippen molar-refractivity contribution in [2.75, 3.05) is 7.05 Å². The molecule has 2 nitrogen and oxygen atoms in total. The summed E-state index contributed by atoms with van der Waals surface area (Å²) < 4.78 is 0. The molecule has 0 spiro atoms. The fraction of sp³-hybridized carbons (Fsp3) is 0.500. The van der Waals surface area contributed by atoms with Crippen LogP contribution in [0.4, 0.5) is 0 Å². The topological polar surface area (TPSA) is 24.9 Å². The zero-order valence-corrected chi connectivity index (χ0v) is 7.33. The first-order valence-corrected chi connectivity index (χ1v) is 4.50. The molecule has 0 aromatic carbocycles. The molecule has 0 amide bonds. The van der Waals surface area contributed by atoms with Gasteiger partial charge in [-0.2, -0.15) is 0 Å². The van der Waals surface area contributed by atoms with Gasteiger partial charge in [0.25, 0.3) is 0 Å². The molecule has 2 rings (SSSR count). The minimum Gasteiger partial charge on any atom is -0.311 e. The van der Waals surface area contributed by atoms with Crippen molar-refractivity contribution in [1.29, 1.82) is 0 Å². The quantitative estimate of drug-likeness (QED) is 0.732. The zero-order valence-electron chi connectivity index (χ0n) is 7.33. The molecular weight excluding hydrogens is 148 g/mol. The molecule has 12 heavy (non-hydrogen) atoms. The Morgan fingerprint density at radius 1 is 1.50 bits per heavy atom. The van der Waals surface area contributed by atoms with Crippen LogP contribution in [0, 0.1) is 5.92 Å². The van der Waals surface area contributed by atoms with E-state index < -0.39 is 0 Å². The number of nitrogens with one attached hydrogen (secondary N) is 1. The monoisotopic (exact) mass is 162 g/mol. The average molecular weight is 162 g/mol. The molecule has 1 heterocycles. The summed E-state index contributed by atoms with van der Waals surface area (Å²) >= 11 is 0. The molecule has 1 aliphatic rings.